The number of hydrogen-bond acceptors (Lipinski definition) is 5. The molecule has 3 heterocycles. The predicted molar refractivity (Wildman–Crippen MR) is 136 cm³/mol. The molecule has 0 radical (unpaired) electrons. The second kappa shape index (κ2) is 9.25. The lowest BCUT2D eigenvalue weighted by atomic mass is 10.1. The molecule has 2 aromatic heterocycles. The van der Waals surface area contributed by atoms with Gasteiger partial charge in [0.15, 0.2) is 0 Å². The summed E-state index contributed by atoms with van der Waals surface area (Å²) in [6, 6.07) is 8.86. The molecule has 0 unspecified atom stereocenters. The van der Waals surface area contributed by atoms with E-state index in [9.17, 15) is 9.18 Å². The van der Waals surface area contributed by atoms with Gasteiger partial charge >= 0.3 is 0 Å². The fourth-order valence-electron chi connectivity index (χ4n) is 4.79. The quantitative estimate of drug-likeness (QED) is 0.398. The first kappa shape index (κ1) is 24.9. The van der Waals surface area contributed by atoms with E-state index >= 15 is 4.39 Å². The van der Waals surface area contributed by atoms with Crippen LogP contribution in [0.3, 0.4) is 0 Å². The van der Waals surface area contributed by atoms with Crippen LogP contribution >= 0.6 is 11.6 Å². The van der Waals surface area contributed by atoms with Gasteiger partial charge in [-0.2, -0.15) is 10.4 Å². The van der Waals surface area contributed by atoms with Gasteiger partial charge in [-0.1, -0.05) is 11.6 Å². The first-order valence-corrected chi connectivity index (χ1v) is 12.1. The van der Waals surface area contributed by atoms with E-state index in [1.165, 1.54) is 27.4 Å². The van der Waals surface area contributed by atoms with Gasteiger partial charge in [-0.15, -0.1) is 0 Å². The van der Waals surface area contributed by atoms with E-state index in [1.54, 1.807) is 31.0 Å². The molecule has 4 aromatic rings. The Kier molecular flexibility index (Phi) is 6.22. The van der Waals surface area contributed by atoms with Crippen LogP contribution in [0.25, 0.3) is 28.0 Å². The molecule has 1 aliphatic heterocycles. The maximum atomic E-state index is 15.5. The number of fused-ring (bicyclic) bond motifs is 1. The number of benzene rings is 2. The van der Waals surface area contributed by atoms with Crippen LogP contribution in [0, 0.1) is 29.9 Å². The third kappa shape index (κ3) is 4.14. The summed E-state index contributed by atoms with van der Waals surface area (Å²) in [5, 5.41) is 14.2. The first-order valence-electron chi connectivity index (χ1n) is 11.7. The van der Waals surface area contributed by atoms with E-state index in [0.29, 0.717) is 40.4 Å². The lowest BCUT2D eigenvalue weighted by Crippen LogP contribution is -2.34. The molecule has 2 aromatic carbocycles. The lowest BCUT2D eigenvalue weighted by Gasteiger charge is -2.20. The summed E-state index contributed by atoms with van der Waals surface area (Å²) in [4.78, 5) is 22.0. The molecule has 1 amide bonds. The van der Waals surface area contributed by atoms with Crippen molar-refractivity contribution in [3.8, 4) is 23.1 Å². The summed E-state index contributed by atoms with van der Waals surface area (Å²) in [5.41, 5.74) is 1.19. The molecule has 0 bridgehead atoms. The molecule has 0 aliphatic carbocycles. The number of likely N-dealkylation sites (N-methyl/N-ethyl adjacent to an activating group) is 1. The van der Waals surface area contributed by atoms with Crippen molar-refractivity contribution in [3.05, 3.63) is 64.1 Å². The first-order chi connectivity index (χ1) is 17.6. The molecule has 0 saturated carbocycles. The number of nitriles is 1. The van der Waals surface area contributed by atoms with Gasteiger partial charge in [-0.05, 0) is 51.7 Å². The van der Waals surface area contributed by atoms with Crippen molar-refractivity contribution in [1.82, 2.24) is 29.1 Å². The van der Waals surface area contributed by atoms with Crippen LogP contribution in [0.1, 0.15) is 28.2 Å². The number of carbonyl (C=O) groups excluding carboxylic acids is 1. The number of rotatable bonds is 4. The Morgan fingerprint density at radius 3 is 2.62 bits per heavy atom. The highest BCUT2D eigenvalue weighted by atomic mass is 35.5. The van der Waals surface area contributed by atoms with E-state index < -0.39 is 11.6 Å². The summed E-state index contributed by atoms with van der Waals surface area (Å²) in [6.07, 6.45) is 0.830. The normalized spacial score (nSPS) is 15.6. The van der Waals surface area contributed by atoms with Gasteiger partial charge in [0.2, 0.25) is 0 Å². The number of nitrogens with zero attached hydrogens (tertiary/aromatic N) is 7. The van der Waals surface area contributed by atoms with Crippen LogP contribution < -0.4 is 0 Å². The lowest BCUT2D eigenvalue weighted by molar-refractivity contribution is 0.0777. The maximum absolute atomic E-state index is 15.5. The van der Waals surface area contributed by atoms with Crippen molar-refractivity contribution in [2.75, 3.05) is 27.2 Å². The Bertz CT molecular complexity index is 1600. The van der Waals surface area contributed by atoms with Gasteiger partial charge in [0.25, 0.3) is 5.91 Å². The van der Waals surface area contributed by atoms with Crippen LogP contribution in [-0.2, 0) is 7.05 Å². The van der Waals surface area contributed by atoms with Crippen LogP contribution in [0.15, 0.2) is 30.3 Å². The molecular weight excluding hydrogens is 500 g/mol. The number of imidazole rings is 1. The Labute approximate surface area is 217 Å². The average Bonchev–Trinajstić information content (AvgIpc) is 3.55. The molecule has 0 N–H and O–H groups in total. The van der Waals surface area contributed by atoms with Crippen molar-refractivity contribution < 1.29 is 13.6 Å². The van der Waals surface area contributed by atoms with Gasteiger partial charge in [-0.3, -0.25) is 14.0 Å². The molecular formula is C26H24ClF2N7O. The Balaban J connectivity index is 1.71. The Morgan fingerprint density at radius 1 is 1.22 bits per heavy atom. The fraction of sp³-hybridized carbons (Fsp3) is 0.308. The number of aryl methyl sites for hydroxylation is 1. The van der Waals surface area contributed by atoms with E-state index in [2.05, 4.69) is 15.0 Å². The standard InChI is InChI=1S/C26H24ClF2N7O/c1-14-23(26(37)35-8-7-17(13-35)33(2)3)31-25(15-5-6-16(12-30)19(28)9-15)36(14)22-10-18-21(11-20(22)29)32-34(4)24(18)27/h5-6,9-11,17H,7-8,13H2,1-4H3/t17-/m0/s1. The fourth-order valence-corrected chi connectivity index (χ4v) is 4.97. The summed E-state index contributed by atoms with van der Waals surface area (Å²) < 4.78 is 33.0. The molecule has 5 rings (SSSR count). The van der Waals surface area contributed by atoms with Gasteiger partial charge in [0.05, 0.1) is 22.5 Å². The second-order valence-corrected chi connectivity index (χ2v) is 9.76. The Hall–Kier alpha value is -3.81. The highest BCUT2D eigenvalue weighted by molar-refractivity contribution is 6.34. The van der Waals surface area contributed by atoms with Crippen molar-refractivity contribution >= 4 is 28.4 Å². The summed E-state index contributed by atoms with van der Waals surface area (Å²) in [5.74, 6) is -1.45. The topological polar surface area (TPSA) is 83.0 Å². The molecule has 190 valence electrons. The van der Waals surface area contributed by atoms with E-state index in [4.69, 9.17) is 16.9 Å². The van der Waals surface area contributed by atoms with Crippen molar-refractivity contribution in [1.29, 1.82) is 5.26 Å². The summed E-state index contributed by atoms with van der Waals surface area (Å²) in [7, 11) is 5.60. The van der Waals surface area contributed by atoms with Crippen molar-refractivity contribution in [3.63, 3.8) is 0 Å². The molecule has 1 atom stereocenters. The number of aromatic nitrogens is 4. The minimum absolute atomic E-state index is 0.0961. The summed E-state index contributed by atoms with van der Waals surface area (Å²) in [6.45, 7) is 2.79. The smallest absolute Gasteiger partial charge is 0.274 e. The molecule has 11 heteroatoms. The number of hydrogen-bond donors (Lipinski definition) is 0. The number of likely N-dealkylation sites (tertiary alicyclic amines) is 1. The molecule has 0 spiro atoms. The third-order valence-corrected chi connectivity index (χ3v) is 7.36. The molecule has 37 heavy (non-hydrogen) atoms. The zero-order valence-electron chi connectivity index (χ0n) is 20.8. The van der Waals surface area contributed by atoms with Gasteiger partial charge in [-0.25, -0.2) is 13.8 Å². The average molecular weight is 524 g/mol. The van der Waals surface area contributed by atoms with E-state index in [-0.39, 0.29) is 34.7 Å². The van der Waals surface area contributed by atoms with E-state index in [1.807, 2.05) is 14.1 Å². The second-order valence-electron chi connectivity index (χ2n) is 9.40. The van der Waals surface area contributed by atoms with Crippen molar-refractivity contribution in [2.45, 2.75) is 19.4 Å². The molecule has 1 saturated heterocycles. The molecule has 1 aliphatic rings. The van der Waals surface area contributed by atoms with Gasteiger partial charge in [0.1, 0.15) is 34.4 Å². The molecule has 1 fully saturated rings. The molecule has 8 nitrogen and oxygen atoms in total. The minimum Gasteiger partial charge on any atom is -0.336 e. The number of halogens is 3. The number of carbonyl (C=O) groups is 1. The van der Waals surface area contributed by atoms with Crippen LogP contribution in [0.2, 0.25) is 5.15 Å². The monoisotopic (exact) mass is 523 g/mol. The SMILES string of the molecule is Cc1c(C(=O)N2CC[C@H](N(C)C)C2)nc(-c2ccc(C#N)c(F)c2)n1-c1cc2c(Cl)n(C)nc2cc1F. The van der Waals surface area contributed by atoms with Crippen LogP contribution in [-0.4, -0.2) is 68.3 Å². The van der Waals surface area contributed by atoms with Gasteiger partial charge in [0, 0.05) is 43.2 Å². The minimum atomic E-state index is -0.736. The maximum Gasteiger partial charge on any atom is 0.274 e. The largest absolute Gasteiger partial charge is 0.336 e. The van der Waals surface area contributed by atoms with Gasteiger partial charge < -0.3 is 9.80 Å². The number of amides is 1. The zero-order chi connectivity index (χ0) is 26.6. The summed E-state index contributed by atoms with van der Waals surface area (Å²) >= 11 is 6.39. The van der Waals surface area contributed by atoms with Crippen molar-refractivity contribution in [2.24, 2.45) is 7.05 Å². The van der Waals surface area contributed by atoms with Crippen LogP contribution in [0.4, 0.5) is 8.78 Å². The highest BCUT2D eigenvalue weighted by Crippen LogP contribution is 2.33. The highest BCUT2D eigenvalue weighted by Gasteiger charge is 2.32. The Morgan fingerprint density at radius 2 is 1.97 bits per heavy atom. The third-order valence-electron chi connectivity index (χ3n) is 6.91. The predicted octanol–water partition coefficient (Wildman–Crippen LogP) is 4.31. The van der Waals surface area contributed by atoms with Crippen LogP contribution in [0.5, 0.6) is 0 Å². The van der Waals surface area contributed by atoms with E-state index in [0.717, 1.165) is 12.5 Å². The zero-order valence-corrected chi connectivity index (χ0v) is 21.5.